The van der Waals surface area contributed by atoms with Crippen LogP contribution < -0.4 is 4.90 Å². The zero-order valence-corrected chi connectivity index (χ0v) is 13.2. The lowest BCUT2D eigenvalue weighted by atomic mass is 10.1. The second-order valence-corrected chi connectivity index (χ2v) is 5.76. The Morgan fingerprint density at radius 1 is 1.09 bits per heavy atom. The molecule has 1 saturated heterocycles. The quantitative estimate of drug-likeness (QED) is 0.939. The van der Waals surface area contributed by atoms with Gasteiger partial charge in [0.15, 0.2) is 0 Å². The SMILES string of the molecule is C[C@H](O)C(=O)N1CCN(c2cc(-c3ccccc3)ccn2)CC1. The number of carbonyl (C=O) groups excluding carboxylic acids is 1. The van der Waals surface area contributed by atoms with Crippen LogP contribution in [0, 0.1) is 0 Å². The molecule has 1 aliphatic rings. The molecular formula is C18H21N3O2. The molecule has 3 rings (SSSR count). The van der Waals surface area contributed by atoms with Crippen molar-refractivity contribution >= 4 is 11.7 Å². The fourth-order valence-electron chi connectivity index (χ4n) is 2.82. The van der Waals surface area contributed by atoms with Crippen molar-refractivity contribution in [1.82, 2.24) is 9.88 Å². The van der Waals surface area contributed by atoms with E-state index in [9.17, 15) is 9.90 Å². The van der Waals surface area contributed by atoms with Gasteiger partial charge in [-0.25, -0.2) is 4.98 Å². The Hall–Kier alpha value is -2.40. The van der Waals surface area contributed by atoms with Gasteiger partial charge in [-0.3, -0.25) is 4.79 Å². The highest BCUT2D eigenvalue weighted by Gasteiger charge is 2.24. The zero-order chi connectivity index (χ0) is 16.2. The lowest BCUT2D eigenvalue weighted by Gasteiger charge is -2.36. The van der Waals surface area contributed by atoms with Gasteiger partial charge >= 0.3 is 0 Å². The molecule has 2 aromatic rings. The second-order valence-electron chi connectivity index (χ2n) is 5.76. The van der Waals surface area contributed by atoms with Crippen LogP contribution in [0.4, 0.5) is 5.82 Å². The summed E-state index contributed by atoms with van der Waals surface area (Å²) in [5.41, 5.74) is 2.30. The van der Waals surface area contributed by atoms with Crippen molar-refractivity contribution in [3.8, 4) is 11.1 Å². The number of pyridine rings is 1. The lowest BCUT2D eigenvalue weighted by Crippen LogP contribution is -2.51. The van der Waals surface area contributed by atoms with E-state index >= 15 is 0 Å². The van der Waals surface area contributed by atoms with Crippen LogP contribution in [0.3, 0.4) is 0 Å². The molecule has 23 heavy (non-hydrogen) atoms. The highest BCUT2D eigenvalue weighted by Crippen LogP contribution is 2.23. The average molecular weight is 311 g/mol. The van der Waals surface area contributed by atoms with Crippen molar-refractivity contribution in [3.05, 3.63) is 48.7 Å². The van der Waals surface area contributed by atoms with Crippen LogP contribution in [-0.2, 0) is 4.79 Å². The summed E-state index contributed by atoms with van der Waals surface area (Å²) in [6.07, 6.45) is 0.895. The van der Waals surface area contributed by atoms with Crippen LogP contribution in [0.2, 0.25) is 0 Å². The van der Waals surface area contributed by atoms with Crippen molar-refractivity contribution in [3.63, 3.8) is 0 Å². The number of rotatable bonds is 3. The Bertz CT molecular complexity index is 665. The van der Waals surface area contributed by atoms with Crippen LogP contribution in [-0.4, -0.2) is 53.2 Å². The van der Waals surface area contributed by atoms with Crippen molar-refractivity contribution in [1.29, 1.82) is 0 Å². The minimum Gasteiger partial charge on any atom is -0.384 e. The number of benzene rings is 1. The molecule has 1 atom stereocenters. The van der Waals surface area contributed by atoms with Crippen LogP contribution >= 0.6 is 0 Å². The molecule has 0 saturated carbocycles. The van der Waals surface area contributed by atoms with Gasteiger partial charge in [-0.05, 0) is 30.2 Å². The van der Waals surface area contributed by atoms with Crippen LogP contribution in [0.5, 0.6) is 0 Å². The number of nitrogens with zero attached hydrogens (tertiary/aromatic N) is 3. The minimum atomic E-state index is -0.930. The molecule has 1 fully saturated rings. The molecule has 1 amide bonds. The maximum Gasteiger partial charge on any atom is 0.251 e. The first-order chi connectivity index (χ1) is 11.1. The summed E-state index contributed by atoms with van der Waals surface area (Å²) >= 11 is 0. The summed E-state index contributed by atoms with van der Waals surface area (Å²) in [5.74, 6) is 0.728. The van der Waals surface area contributed by atoms with Crippen LogP contribution in [0.1, 0.15) is 6.92 Å². The van der Waals surface area contributed by atoms with E-state index in [1.54, 1.807) is 4.90 Å². The molecule has 0 bridgehead atoms. The topological polar surface area (TPSA) is 56.7 Å². The number of hydrogen-bond donors (Lipinski definition) is 1. The van der Waals surface area contributed by atoms with E-state index in [1.165, 1.54) is 12.5 Å². The van der Waals surface area contributed by atoms with Gasteiger partial charge < -0.3 is 14.9 Å². The molecule has 1 aromatic carbocycles. The summed E-state index contributed by atoms with van der Waals surface area (Å²) in [4.78, 5) is 20.2. The molecule has 0 unspecified atom stereocenters. The third-order valence-corrected chi connectivity index (χ3v) is 4.13. The third kappa shape index (κ3) is 3.51. The molecule has 0 spiro atoms. The van der Waals surface area contributed by atoms with Gasteiger partial charge in [0.2, 0.25) is 0 Å². The normalized spacial score (nSPS) is 16.3. The summed E-state index contributed by atoms with van der Waals surface area (Å²) in [6, 6.07) is 14.3. The molecule has 0 aliphatic carbocycles. The van der Waals surface area contributed by atoms with Gasteiger partial charge in [-0.1, -0.05) is 30.3 Å². The Labute approximate surface area is 136 Å². The Kier molecular flexibility index (Phi) is 4.57. The molecular weight excluding hydrogens is 290 g/mol. The maximum atomic E-state index is 11.8. The van der Waals surface area contributed by atoms with Gasteiger partial charge in [-0.2, -0.15) is 0 Å². The molecule has 120 valence electrons. The number of amides is 1. The zero-order valence-electron chi connectivity index (χ0n) is 13.2. The number of carbonyl (C=O) groups is 1. The predicted molar refractivity (Wildman–Crippen MR) is 90.1 cm³/mol. The molecule has 1 aliphatic heterocycles. The monoisotopic (exact) mass is 311 g/mol. The fraction of sp³-hybridized carbons (Fsp3) is 0.333. The van der Waals surface area contributed by atoms with E-state index in [4.69, 9.17) is 0 Å². The first-order valence-corrected chi connectivity index (χ1v) is 7.88. The smallest absolute Gasteiger partial charge is 0.251 e. The second kappa shape index (κ2) is 6.79. The Morgan fingerprint density at radius 2 is 1.78 bits per heavy atom. The van der Waals surface area contributed by atoms with E-state index in [0.29, 0.717) is 13.1 Å². The van der Waals surface area contributed by atoms with Crippen LogP contribution in [0.25, 0.3) is 11.1 Å². The lowest BCUT2D eigenvalue weighted by molar-refractivity contribution is -0.139. The van der Waals surface area contributed by atoms with E-state index in [2.05, 4.69) is 28.1 Å². The van der Waals surface area contributed by atoms with Crippen molar-refractivity contribution in [2.24, 2.45) is 0 Å². The maximum absolute atomic E-state index is 11.8. The van der Waals surface area contributed by atoms with Gasteiger partial charge in [0.1, 0.15) is 11.9 Å². The van der Waals surface area contributed by atoms with Crippen molar-refractivity contribution in [2.75, 3.05) is 31.1 Å². The van der Waals surface area contributed by atoms with E-state index < -0.39 is 6.10 Å². The fourth-order valence-corrected chi connectivity index (χ4v) is 2.82. The Morgan fingerprint density at radius 3 is 2.43 bits per heavy atom. The number of hydrogen-bond acceptors (Lipinski definition) is 4. The van der Waals surface area contributed by atoms with Gasteiger partial charge in [0.05, 0.1) is 0 Å². The van der Waals surface area contributed by atoms with E-state index in [1.807, 2.05) is 30.5 Å². The summed E-state index contributed by atoms with van der Waals surface area (Å²) in [5, 5.41) is 9.40. The first-order valence-electron chi connectivity index (χ1n) is 7.88. The molecule has 2 heterocycles. The summed E-state index contributed by atoms with van der Waals surface area (Å²) in [7, 11) is 0. The van der Waals surface area contributed by atoms with Crippen molar-refractivity contribution in [2.45, 2.75) is 13.0 Å². The molecule has 1 aromatic heterocycles. The molecule has 5 heteroatoms. The predicted octanol–water partition coefficient (Wildman–Crippen LogP) is 1.78. The number of piperazine rings is 1. The summed E-state index contributed by atoms with van der Waals surface area (Å²) in [6.45, 7) is 4.19. The van der Waals surface area contributed by atoms with Crippen LogP contribution in [0.15, 0.2) is 48.7 Å². The average Bonchev–Trinajstić information content (AvgIpc) is 2.62. The number of aliphatic hydroxyl groups excluding tert-OH is 1. The van der Waals surface area contributed by atoms with E-state index in [0.717, 1.165) is 24.5 Å². The molecule has 0 radical (unpaired) electrons. The highest BCUT2D eigenvalue weighted by atomic mass is 16.3. The van der Waals surface area contributed by atoms with Crippen molar-refractivity contribution < 1.29 is 9.90 Å². The third-order valence-electron chi connectivity index (χ3n) is 4.13. The highest BCUT2D eigenvalue weighted by molar-refractivity contribution is 5.80. The molecule has 1 N–H and O–H groups in total. The van der Waals surface area contributed by atoms with Gasteiger partial charge in [0, 0.05) is 32.4 Å². The van der Waals surface area contributed by atoms with Gasteiger partial charge in [0.25, 0.3) is 5.91 Å². The first kappa shape index (κ1) is 15.5. The number of anilines is 1. The largest absolute Gasteiger partial charge is 0.384 e. The standard InChI is InChI=1S/C18H21N3O2/c1-14(22)18(23)21-11-9-20(10-12-21)17-13-16(7-8-19-17)15-5-3-2-4-6-15/h2-8,13-14,22H,9-12H2,1H3/t14-/m0/s1. The van der Waals surface area contributed by atoms with E-state index in [-0.39, 0.29) is 5.91 Å². The summed E-state index contributed by atoms with van der Waals surface area (Å²) < 4.78 is 0. The minimum absolute atomic E-state index is 0.198. The Balaban J connectivity index is 1.71. The van der Waals surface area contributed by atoms with Gasteiger partial charge in [-0.15, -0.1) is 0 Å². The molecule has 5 nitrogen and oxygen atoms in total. The number of aliphatic hydroxyl groups is 1. The number of aromatic nitrogens is 1.